The number of halogens is 1. The van der Waals surface area contributed by atoms with Gasteiger partial charge in [0.05, 0.1) is 7.11 Å². The van der Waals surface area contributed by atoms with Crippen LogP contribution in [-0.4, -0.2) is 67.7 Å². The molecule has 2 amide bonds. The Kier molecular flexibility index (Phi) is 7.57. The van der Waals surface area contributed by atoms with Gasteiger partial charge in [-0.1, -0.05) is 25.5 Å². The number of amides is 2. The van der Waals surface area contributed by atoms with E-state index < -0.39 is 6.09 Å². The fourth-order valence-electron chi connectivity index (χ4n) is 6.61. The van der Waals surface area contributed by atoms with Gasteiger partial charge in [0.2, 0.25) is 5.91 Å². The number of benzene rings is 1. The SMILES string of the molecule is CCC(=O)N1CCC([C@@](CN2CCC2)(c2cccc(F)c2)[C@H]2CCC[C@@H]2NC(=O)OC)CC1. The first-order valence-corrected chi connectivity index (χ1v) is 12.6. The molecule has 1 aromatic carbocycles. The lowest BCUT2D eigenvalue weighted by molar-refractivity contribution is -0.133. The number of carbonyl (C=O) groups excluding carboxylic acids is 2. The van der Waals surface area contributed by atoms with Crippen molar-refractivity contribution in [3.63, 3.8) is 0 Å². The average Bonchev–Trinajstić information content (AvgIpc) is 3.26. The van der Waals surface area contributed by atoms with Crippen molar-refractivity contribution in [2.24, 2.45) is 11.8 Å². The van der Waals surface area contributed by atoms with Gasteiger partial charge in [-0.25, -0.2) is 9.18 Å². The maximum absolute atomic E-state index is 14.6. The number of alkyl carbamates (subject to hydrolysis) is 1. The van der Waals surface area contributed by atoms with Crippen molar-refractivity contribution in [3.8, 4) is 0 Å². The Morgan fingerprint density at radius 3 is 2.48 bits per heavy atom. The highest BCUT2D eigenvalue weighted by atomic mass is 19.1. The monoisotopic (exact) mass is 459 g/mol. The lowest BCUT2D eigenvalue weighted by Gasteiger charge is -2.53. The summed E-state index contributed by atoms with van der Waals surface area (Å²) in [7, 11) is 1.40. The summed E-state index contributed by atoms with van der Waals surface area (Å²) < 4.78 is 19.5. The van der Waals surface area contributed by atoms with E-state index in [1.54, 1.807) is 6.07 Å². The third-order valence-corrected chi connectivity index (χ3v) is 8.34. The number of methoxy groups -OCH3 is 1. The summed E-state index contributed by atoms with van der Waals surface area (Å²) in [5, 5.41) is 3.11. The predicted molar refractivity (Wildman–Crippen MR) is 125 cm³/mol. The van der Waals surface area contributed by atoms with E-state index in [0.29, 0.717) is 12.3 Å². The van der Waals surface area contributed by atoms with Crippen LogP contribution in [0, 0.1) is 17.7 Å². The van der Waals surface area contributed by atoms with Crippen LogP contribution in [0.2, 0.25) is 0 Å². The molecule has 3 fully saturated rings. The zero-order chi connectivity index (χ0) is 23.4. The van der Waals surface area contributed by atoms with Crippen molar-refractivity contribution in [3.05, 3.63) is 35.6 Å². The number of likely N-dealkylation sites (tertiary alicyclic amines) is 2. The van der Waals surface area contributed by atoms with Gasteiger partial charge in [0, 0.05) is 37.5 Å². The molecule has 7 heteroatoms. The second-order valence-electron chi connectivity index (χ2n) is 9.97. The Morgan fingerprint density at radius 1 is 1.12 bits per heavy atom. The summed E-state index contributed by atoms with van der Waals surface area (Å²) in [6, 6.07) is 7.14. The number of nitrogens with zero attached hydrogens (tertiary/aromatic N) is 2. The zero-order valence-electron chi connectivity index (χ0n) is 20.0. The summed E-state index contributed by atoms with van der Waals surface area (Å²) in [4.78, 5) is 29.0. The molecule has 0 unspecified atom stereocenters. The highest BCUT2D eigenvalue weighted by Gasteiger charge is 2.53. The van der Waals surface area contributed by atoms with Crippen LogP contribution < -0.4 is 5.32 Å². The van der Waals surface area contributed by atoms with Gasteiger partial charge >= 0.3 is 6.09 Å². The second kappa shape index (κ2) is 10.4. The zero-order valence-corrected chi connectivity index (χ0v) is 20.0. The van der Waals surface area contributed by atoms with Crippen LogP contribution in [0.25, 0.3) is 0 Å². The van der Waals surface area contributed by atoms with Crippen LogP contribution >= 0.6 is 0 Å². The molecule has 1 saturated carbocycles. The smallest absolute Gasteiger partial charge is 0.407 e. The number of carbonyl (C=O) groups is 2. The largest absolute Gasteiger partial charge is 0.453 e. The van der Waals surface area contributed by atoms with Crippen molar-refractivity contribution in [2.45, 2.75) is 63.3 Å². The Balaban J connectivity index is 1.73. The summed E-state index contributed by atoms with van der Waals surface area (Å²) in [5.74, 6) is 0.497. The first kappa shape index (κ1) is 24.0. The Bertz CT molecular complexity index is 838. The molecule has 33 heavy (non-hydrogen) atoms. The molecule has 182 valence electrons. The van der Waals surface area contributed by atoms with E-state index in [1.807, 2.05) is 17.9 Å². The lowest BCUT2D eigenvalue weighted by Crippen LogP contribution is -2.59. The lowest BCUT2D eigenvalue weighted by atomic mass is 9.57. The quantitative estimate of drug-likeness (QED) is 0.671. The molecule has 1 N–H and O–H groups in total. The summed E-state index contributed by atoms with van der Waals surface area (Å²) in [5.41, 5.74) is 0.754. The van der Waals surface area contributed by atoms with Gasteiger partial charge in [-0.2, -0.15) is 0 Å². The van der Waals surface area contributed by atoms with Crippen molar-refractivity contribution in [1.29, 1.82) is 0 Å². The molecule has 0 spiro atoms. The second-order valence-corrected chi connectivity index (χ2v) is 9.97. The summed E-state index contributed by atoms with van der Waals surface area (Å²) >= 11 is 0. The van der Waals surface area contributed by atoms with Crippen molar-refractivity contribution >= 4 is 12.0 Å². The van der Waals surface area contributed by atoms with E-state index in [0.717, 1.165) is 70.4 Å². The first-order chi connectivity index (χ1) is 16.0. The molecule has 6 nitrogen and oxygen atoms in total. The van der Waals surface area contributed by atoms with Gasteiger partial charge in [-0.15, -0.1) is 0 Å². The molecule has 2 saturated heterocycles. The summed E-state index contributed by atoms with van der Waals surface area (Å²) in [6.45, 7) is 6.40. The van der Waals surface area contributed by atoms with Crippen molar-refractivity contribution < 1.29 is 18.7 Å². The van der Waals surface area contributed by atoms with Crippen molar-refractivity contribution in [2.75, 3.05) is 39.8 Å². The van der Waals surface area contributed by atoms with Gasteiger partial charge in [-0.3, -0.25) is 4.79 Å². The number of hydrogen-bond donors (Lipinski definition) is 1. The molecule has 0 aromatic heterocycles. The minimum atomic E-state index is -0.396. The van der Waals surface area contributed by atoms with Crippen LogP contribution in [0.5, 0.6) is 0 Å². The Morgan fingerprint density at radius 2 is 1.88 bits per heavy atom. The maximum Gasteiger partial charge on any atom is 0.407 e. The topological polar surface area (TPSA) is 61.9 Å². The molecular weight excluding hydrogens is 421 g/mol. The molecular formula is C26H38FN3O3. The van der Waals surface area contributed by atoms with E-state index in [1.165, 1.54) is 19.6 Å². The molecule has 0 bridgehead atoms. The van der Waals surface area contributed by atoms with Crippen LogP contribution in [0.4, 0.5) is 9.18 Å². The van der Waals surface area contributed by atoms with E-state index in [9.17, 15) is 14.0 Å². The third-order valence-electron chi connectivity index (χ3n) is 8.34. The van der Waals surface area contributed by atoms with Gasteiger partial charge < -0.3 is 19.9 Å². The molecule has 2 heterocycles. The third kappa shape index (κ3) is 4.88. The molecule has 3 atom stereocenters. The Hall–Kier alpha value is -2.15. The molecule has 1 aromatic rings. The van der Waals surface area contributed by atoms with E-state index in [-0.39, 0.29) is 29.1 Å². The van der Waals surface area contributed by atoms with Gasteiger partial charge in [0.1, 0.15) is 5.82 Å². The molecule has 3 aliphatic rings. The average molecular weight is 460 g/mol. The minimum absolute atomic E-state index is 0.00250. The standard InChI is InChI=1S/C26H38FN3O3/c1-3-24(31)30-15-11-19(12-16-30)26(18-29-13-6-14-29,20-7-4-8-21(27)17-20)22-9-5-10-23(22)28-25(32)33-2/h4,7-8,17,19,22-23H,3,5-6,9-16,18H2,1-2H3,(H,28,32)/t22-,23-,26-/m0/s1. The molecule has 2 aliphatic heterocycles. The normalized spacial score (nSPS) is 25.8. The number of nitrogens with one attached hydrogen (secondary N) is 1. The highest BCUT2D eigenvalue weighted by molar-refractivity contribution is 5.75. The minimum Gasteiger partial charge on any atom is -0.453 e. The fraction of sp³-hybridized carbons (Fsp3) is 0.692. The molecule has 4 rings (SSSR count). The van der Waals surface area contributed by atoms with E-state index in [4.69, 9.17) is 4.74 Å². The number of hydrogen-bond acceptors (Lipinski definition) is 4. The molecule has 0 radical (unpaired) electrons. The van der Waals surface area contributed by atoms with Gasteiger partial charge in [0.15, 0.2) is 0 Å². The number of piperidine rings is 1. The van der Waals surface area contributed by atoms with Gasteiger partial charge in [0.25, 0.3) is 0 Å². The molecule has 1 aliphatic carbocycles. The van der Waals surface area contributed by atoms with Crippen LogP contribution in [0.15, 0.2) is 24.3 Å². The van der Waals surface area contributed by atoms with Crippen molar-refractivity contribution in [1.82, 2.24) is 15.1 Å². The van der Waals surface area contributed by atoms with E-state index >= 15 is 0 Å². The highest BCUT2D eigenvalue weighted by Crippen LogP contribution is 2.51. The summed E-state index contributed by atoms with van der Waals surface area (Å²) in [6.07, 6.45) is 6.06. The fourth-order valence-corrected chi connectivity index (χ4v) is 6.61. The number of ether oxygens (including phenoxy) is 1. The van der Waals surface area contributed by atoms with Crippen LogP contribution in [0.1, 0.15) is 57.4 Å². The Labute approximate surface area is 196 Å². The van der Waals surface area contributed by atoms with Gasteiger partial charge in [-0.05, 0) is 74.7 Å². The van der Waals surface area contributed by atoms with E-state index in [2.05, 4.69) is 16.3 Å². The van der Waals surface area contributed by atoms with Crippen LogP contribution in [-0.2, 0) is 14.9 Å². The van der Waals surface area contributed by atoms with Crippen LogP contribution in [0.3, 0.4) is 0 Å². The maximum atomic E-state index is 14.6. The predicted octanol–water partition coefficient (Wildman–Crippen LogP) is 3.94. The number of rotatable bonds is 7. The first-order valence-electron chi connectivity index (χ1n) is 12.6.